The zero-order valence-electron chi connectivity index (χ0n) is 23.1. The van der Waals surface area contributed by atoms with Gasteiger partial charge in [-0.1, -0.05) is 38.4 Å². The maximum atomic E-state index is 13.2. The number of likely N-dealkylation sites (N-methyl/N-ethyl adjacent to an activating group) is 1. The van der Waals surface area contributed by atoms with Crippen LogP contribution in [0.15, 0.2) is 30.3 Å². The molecular formula is C29H37ClN6O3. The molecule has 2 heterocycles. The largest absolute Gasteiger partial charge is 0.507 e. The van der Waals surface area contributed by atoms with Crippen LogP contribution in [-0.4, -0.2) is 81.5 Å². The van der Waals surface area contributed by atoms with E-state index in [0.717, 1.165) is 63.2 Å². The number of rotatable bonds is 9. The van der Waals surface area contributed by atoms with Crippen molar-refractivity contribution in [1.82, 2.24) is 29.9 Å². The summed E-state index contributed by atoms with van der Waals surface area (Å²) in [7, 11) is 1.58. The lowest BCUT2D eigenvalue weighted by atomic mass is 9.98. The number of phenolic OH excluding ortho intramolecular Hbond substituents is 1. The molecular weight excluding hydrogens is 516 g/mol. The first kappa shape index (κ1) is 27.4. The van der Waals surface area contributed by atoms with E-state index >= 15 is 0 Å². The van der Waals surface area contributed by atoms with Crippen molar-refractivity contribution in [1.29, 1.82) is 0 Å². The zero-order valence-corrected chi connectivity index (χ0v) is 23.8. The molecule has 2 aliphatic rings. The highest BCUT2D eigenvalue weighted by molar-refractivity contribution is 6.31. The van der Waals surface area contributed by atoms with Crippen molar-refractivity contribution in [3.63, 3.8) is 0 Å². The number of carbonyl (C=O) groups excluding carboxylic acids is 1. The number of hydrogen-bond acceptors (Lipinski definition) is 7. The number of aromatic hydroxyl groups is 1. The average molecular weight is 553 g/mol. The quantitative estimate of drug-likeness (QED) is 0.405. The molecule has 1 aromatic heterocycles. The summed E-state index contributed by atoms with van der Waals surface area (Å²) in [5.74, 6) is 0.933. The third kappa shape index (κ3) is 5.90. The van der Waals surface area contributed by atoms with Crippen molar-refractivity contribution in [2.45, 2.75) is 52.1 Å². The van der Waals surface area contributed by atoms with Crippen LogP contribution in [0.3, 0.4) is 0 Å². The summed E-state index contributed by atoms with van der Waals surface area (Å²) in [6, 6.07) is 9.39. The average Bonchev–Trinajstić information content (AvgIpc) is 3.63. The molecule has 39 heavy (non-hydrogen) atoms. The van der Waals surface area contributed by atoms with Gasteiger partial charge in [0, 0.05) is 49.9 Å². The van der Waals surface area contributed by atoms with Gasteiger partial charge in [-0.05, 0) is 54.6 Å². The molecule has 1 amide bonds. The Balaban J connectivity index is 1.53. The maximum Gasteiger partial charge on any atom is 0.289 e. The van der Waals surface area contributed by atoms with E-state index in [0.29, 0.717) is 27.8 Å². The monoisotopic (exact) mass is 552 g/mol. The Morgan fingerprint density at radius 2 is 1.85 bits per heavy atom. The van der Waals surface area contributed by atoms with E-state index in [1.807, 2.05) is 24.3 Å². The third-order valence-corrected chi connectivity index (χ3v) is 7.94. The zero-order chi connectivity index (χ0) is 27.7. The smallest absolute Gasteiger partial charge is 0.289 e. The molecule has 0 unspecified atom stereocenters. The van der Waals surface area contributed by atoms with Gasteiger partial charge in [0.15, 0.2) is 5.82 Å². The van der Waals surface area contributed by atoms with Crippen molar-refractivity contribution in [3.8, 4) is 28.6 Å². The molecule has 1 saturated heterocycles. The Morgan fingerprint density at radius 1 is 1.13 bits per heavy atom. The molecule has 208 valence electrons. The van der Waals surface area contributed by atoms with E-state index in [1.54, 1.807) is 17.7 Å². The lowest BCUT2D eigenvalue weighted by molar-refractivity contribution is 0.0938. The number of ether oxygens (including phenoxy) is 1. The summed E-state index contributed by atoms with van der Waals surface area (Å²) in [5.41, 5.74) is 3.06. The first-order chi connectivity index (χ1) is 18.8. The van der Waals surface area contributed by atoms with Crippen molar-refractivity contribution in [2.75, 3.05) is 39.8 Å². The predicted octanol–water partition coefficient (Wildman–Crippen LogP) is 4.46. The molecule has 10 heteroatoms. The summed E-state index contributed by atoms with van der Waals surface area (Å²) in [6.45, 7) is 12.3. The van der Waals surface area contributed by atoms with Crippen LogP contribution in [0.4, 0.5) is 0 Å². The number of phenols is 1. The van der Waals surface area contributed by atoms with Crippen molar-refractivity contribution in [2.24, 2.45) is 0 Å². The molecule has 0 bridgehead atoms. The van der Waals surface area contributed by atoms with Crippen LogP contribution in [-0.2, 0) is 6.54 Å². The molecule has 2 fully saturated rings. The number of nitrogens with one attached hydrogen (secondary N) is 1. The molecule has 1 aliphatic heterocycles. The summed E-state index contributed by atoms with van der Waals surface area (Å²) in [5, 5.41) is 23.3. The van der Waals surface area contributed by atoms with Gasteiger partial charge in [-0.3, -0.25) is 14.3 Å². The highest BCUT2D eigenvalue weighted by Crippen LogP contribution is 2.39. The number of halogens is 1. The molecule has 5 rings (SSSR count). The summed E-state index contributed by atoms with van der Waals surface area (Å²) in [4.78, 5) is 18.1. The van der Waals surface area contributed by atoms with Gasteiger partial charge in [-0.2, -0.15) is 0 Å². The molecule has 0 radical (unpaired) electrons. The fourth-order valence-electron chi connectivity index (χ4n) is 5.03. The van der Waals surface area contributed by atoms with Crippen LogP contribution < -0.4 is 10.1 Å². The summed E-state index contributed by atoms with van der Waals surface area (Å²) >= 11 is 6.83. The Morgan fingerprint density at radius 3 is 2.46 bits per heavy atom. The van der Waals surface area contributed by atoms with E-state index in [9.17, 15) is 9.90 Å². The molecule has 0 spiro atoms. The number of hydrogen-bond donors (Lipinski definition) is 2. The van der Waals surface area contributed by atoms with Gasteiger partial charge in [0.05, 0.1) is 18.4 Å². The number of aromatic nitrogens is 3. The van der Waals surface area contributed by atoms with Gasteiger partial charge in [-0.15, -0.1) is 10.2 Å². The highest BCUT2D eigenvalue weighted by atomic mass is 35.5. The lowest BCUT2D eigenvalue weighted by Crippen LogP contribution is -2.45. The van der Waals surface area contributed by atoms with Crippen LogP contribution in [0, 0.1) is 0 Å². The van der Waals surface area contributed by atoms with Gasteiger partial charge in [0.1, 0.15) is 11.5 Å². The Kier molecular flexibility index (Phi) is 8.11. The normalized spacial score (nSPS) is 16.6. The van der Waals surface area contributed by atoms with Crippen molar-refractivity contribution in [3.05, 3.63) is 52.3 Å². The van der Waals surface area contributed by atoms with Crippen molar-refractivity contribution < 1.29 is 14.6 Å². The Hall–Kier alpha value is -3.14. The van der Waals surface area contributed by atoms with E-state index < -0.39 is 0 Å². The van der Waals surface area contributed by atoms with Gasteiger partial charge in [-0.25, -0.2) is 0 Å². The number of nitrogens with zero attached hydrogens (tertiary/aromatic N) is 5. The standard InChI is InChI=1S/C29H37ClN6O3/c1-5-34-10-12-35(13-11-34)17-19-6-9-21(14-24(19)30)36-27(32-33-28(36)29(38)31-20-7-8-20)23-15-22(18(2)3)26(39-4)16-25(23)37/h6,9,14-16,18,20,37H,5,7-8,10-13,17H2,1-4H3,(H,31,38). The molecule has 1 saturated carbocycles. The predicted molar refractivity (Wildman–Crippen MR) is 152 cm³/mol. The van der Waals surface area contributed by atoms with Crippen LogP contribution in [0.5, 0.6) is 11.5 Å². The number of benzene rings is 2. The van der Waals surface area contributed by atoms with Crippen LogP contribution >= 0.6 is 11.6 Å². The second-order valence-electron chi connectivity index (χ2n) is 10.7. The van der Waals surface area contributed by atoms with Gasteiger partial charge in [0.25, 0.3) is 5.91 Å². The third-order valence-electron chi connectivity index (χ3n) is 7.59. The van der Waals surface area contributed by atoms with Crippen molar-refractivity contribution >= 4 is 17.5 Å². The molecule has 2 N–H and O–H groups in total. The molecule has 1 aliphatic carbocycles. The van der Waals surface area contributed by atoms with Crippen LogP contribution in [0.1, 0.15) is 61.3 Å². The fraction of sp³-hybridized carbons (Fsp3) is 0.483. The SMILES string of the molecule is CCN1CCN(Cc2ccc(-n3c(C(=O)NC4CC4)nnc3-c3cc(C(C)C)c(OC)cc3O)cc2Cl)CC1. The topological polar surface area (TPSA) is 95.8 Å². The van der Waals surface area contributed by atoms with E-state index in [-0.39, 0.29) is 29.4 Å². The van der Waals surface area contributed by atoms with E-state index in [1.165, 1.54) is 0 Å². The second-order valence-corrected chi connectivity index (χ2v) is 11.1. The maximum absolute atomic E-state index is 13.2. The minimum atomic E-state index is -0.303. The second kappa shape index (κ2) is 11.5. The van der Waals surface area contributed by atoms with Gasteiger partial charge in [0.2, 0.25) is 5.82 Å². The molecule has 3 aromatic rings. The molecule has 2 aromatic carbocycles. The van der Waals surface area contributed by atoms with Gasteiger partial charge >= 0.3 is 0 Å². The number of piperazine rings is 1. The summed E-state index contributed by atoms with van der Waals surface area (Å²) in [6.07, 6.45) is 1.91. The lowest BCUT2D eigenvalue weighted by Gasteiger charge is -2.34. The highest BCUT2D eigenvalue weighted by Gasteiger charge is 2.29. The first-order valence-electron chi connectivity index (χ1n) is 13.7. The van der Waals surface area contributed by atoms with E-state index in [2.05, 4.69) is 46.1 Å². The minimum absolute atomic E-state index is 0.00649. The fourth-order valence-corrected chi connectivity index (χ4v) is 5.26. The van der Waals surface area contributed by atoms with Gasteiger partial charge < -0.3 is 20.1 Å². The Bertz CT molecular complexity index is 1350. The number of carbonyl (C=O) groups is 1. The molecule has 0 atom stereocenters. The molecule has 9 nitrogen and oxygen atoms in total. The van der Waals surface area contributed by atoms with E-state index in [4.69, 9.17) is 16.3 Å². The Labute approximate surface area is 234 Å². The minimum Gasteiger partial charge on any atom is -0.507 e. The number of methoxy groups -OCH3 is 1. The summed E-state index contributed by atoms with van der Waals surface area (Å²) < 4.78 is 7.18. The van der Waals surface area contributed by atoms with Crippen LogP contribution in [0.25, 0.3) is 17.1 Å². The van der Waals surface area contributed by atoms with Crippen LogP contribution in [0.2, 0.25) is 5.02 Å². The number of amides is 1. The first-order valence-corrected chi connectivity index (χ1v) is 14.1.